The van der Waals surface area contributed by atoms with Crippen LogP contribution in [0, 0.1) is 0 Å². The Morgan fingerprint density at radius 1 is 1.11 bits per heavy atom. The van der Waals surface area contributed by atoms with E-state index in [1.807, 2.05) is 54.6 Å². The molecule has 1 aliphatic rings. The van der Waals surface area contributed by atoms with Gasteiger partial charge in [0.25, 0.3) is 0 Å². The Bertz CT molecular complexity index is 922. The first-order valence-electron chi connectivity index (χ1n) is 9.01. The molecule has 1 saturated heterocycles. The molecule has 1 unspecified atom stereocenters. The van der Waals surface area contributed by atoms with E-state index in [1.54, 1.807) is 11.3 Å². The molecule has 1 aliphatic heterocycles. The molecule has 6 heteroatoms. The molecule has 1 atom stereocenters. The summed E-state index contributed by atoms with van der Waals surface area (Å²) in [6, 6.07) is 17.1. The molecule has 27 heavy (non-hydrogen) atoms. The lowest BCUT2D eigenvalue weighted by molar-refractivity contribution is -0.116. The average molecular weight is 398 g/mol. The predicted octanol–water partition coefficient (Wildman–Crippen LogP) is 5.33. The van der Waals surface area contributed by atoms with Crippen LogP contribution in [0.5, 0.6) is 0 Å². The molecule has 1 N–H and O–H groups in total. The molecule has 3 aromatic rings. The van der Waals surface area contributed by atoms with Gasteiger partial charge in [0, 0.05) is 29.7 Å². The van der Waals surface area contributed by atoms with Crippen molar-refractivity contribution >= 4 is 39.7 Å². The van der Waals surface area contributed by atoms with Gasteiger partial charge in [0.2, 0.25) is 5.91 Å². The lowest BCUT2D eigenvalue weighted by Crippen LogP contribution is -2.17. The zero-order chi connectivity index (χ0) is 18.6. The Balaban J connectivity index is 1.48. The smallest absolute Gasteiger partial charge is 0.246 e. The summed E-state index contributed by atoms with van der Waals surface area (Å²) in [5.74, 6) is -0.240. The number of hydrogen-bond acceptors (Lipinski definition) is 4. The van der Waals surface area contributed by atoms with E-state index in [1.165, 1.54) is 12.8 Å². The van der Waals surface area contributed by atoms with E-state index in [9.17, 15) is 4.79 Å². The van der Waals surface area contributed by atoms with Crippen LogP contribution in [0.2, 0.25) is 0 Å². The number of carbonyl (C=O) groups is 1. The molecule has 1 amide bonds. The van der Waals surface area contributed by atoms with Crippen LogP contribution in [0.25, 0.3) is 11.3 Å². The van der Waals surface area contributed by atoms with E-state index in [4.69, 9.17) is 16.6 Å². The SMILES string of the molecule is O=C(Nc1cccc(-c2csc(N3CCCC3)n2)c1)C(Cl)c1ccccc1. The lowest BCUT2D eigenvalue weighted by Gasteiger charge is -2.12. The number of halogens is 1. The molecule has 4 rings (SSSR count). The summed E-state index contributed by atoms with van der Waals surface area (Å²) in [6.07, 6.45) is 2.47. The van der Waals surface area contributed by atoms with Crippen molar-refractivity contribution in [3.63, 3.8) is 0 Å². The fourth-order valence-electron chi connectivity index (χ4n) is 3.19. The van der Waals surface area contributed by atoms with Gasteiger partial charge in [-0.3, -0.25) is 4.79 Å². The van der Waals surface area contributed by atoms with E-state index in [2.05, 4.69) is 15.6 Å². The van der Waals surface area contributed by atoms with Crippen molar-refractivity contribution < 1.29 is 4.79 Å². The van der Waals surface area contributed by atoms with E-state index in [0.29, 0.717) is 0 Å². The first-order valence-corrected chi connectivity index (χ1v) is 10.3. The van der Waals surface area contributed by atoms with Gasteiger partial charge in [-0.15, -0.1) is 22.9 Å². The topological polar surface area (TPSA) is 45.2 Å². The number of nitrogens with zero attached hydrogens (tertiary/aromatic N) is 2. The molecule has 0 saturated carbocycles. The number of amides is 1. The highest BCUT2D eigenvalue weighted by atomic mass is 35.5. The van der Waals surface area contributed by atoms with E-state index >= 15 is 0 Å². The summed E-state index contributed by atoms with van der Waals surface area (Å²) in [5, 5.41) is 5.32. The Kier molecular flexibility index (Phi) is 5.41. The minimum atomic E-state index is -0.726. The van der Waals surface area contributed by atoms with Crippen molar-refractivity contribution in [3.8, 4) is 11.3 Å². The molecule has 1 fully saturated rings. The van der Waals surface area contributed by atoms with Crippen LogP contribution in [-0.2, 0) is 4.79 Å². The molecule has 4 nitrogen and oxygen atoms in total. The maximum absolute atomic E-state index is 12.5. The maximum Gasteiger partial charge on any atom is 0.246 e. The number of benzene rings is 2. The highest BCUT2D eigenvalue weighted by Crippen LogP contribution is 2.31. The van der Waals surface area contributed by atoms with E-state index < -0.39 is 5.38 Å². The van der Waals surface area contributed by atoms with Gasteiger partial charge in [0.1, 0.15) is 5.38 Å². The molecule has 2 heterocycles. The second-order valence-electron chi connectivity index (χ2n) is 6.55. The molecule has 1 aromatic heterocycles. The van der Waals surface area contributed by atoms with Crippen LogP contribution in [0.3, 0.4) is 0 Å². The third kappa shape index (κ3) is 4.15. The van der Waals surface area contributed by atoms with Crippen LogP contribution in [0.4, 0.5) is 10.8 Å². The normalized spacial score (nSPS) is 14.9. The van der Waals surface area contributed by atoms with Crippen molar-refractivity contribution in [3.05, 3.63) is 65.5 Å². The summed E-state index contributed by atoms with van der Waals surface area (Å²) in [5.41, 5.74) is 3.42. The van der Waals surface area contributed by atoms with Crippen molar-refractivity contribution in [2.75, 3.05) is 23.3 Å². The largest absolute Gasteiger partial charge is 0.348 e. The molecule has 0 radical (unpaired) electrons. The monoisotopic (exact) mass is 397 g/mol. The Morgan fingerprint density at radius 2 is 1.89 bits per heavy atom. The van der Waals surface area contributed by atoms with Gasteiger partial charge in [-0.05, 0) is 30.5 Å². The number of carbonyl (C=O) groups excluding carboxylic acids is 1. The van der Waals surface area contributed by atoms with Crippen LogP contribution in [0.1, 0.15) is 23.8 Å². The highest BCUT2D eigenvalue weighted by Gasteiger charge is 2.18. The lowest BCUT2D eigenvalue weighted by atomic mass is 10.1. The van der Waals surface area contributed by atoms with E-state index in [0.717, 1.165) is 40.7 Å². The van der Waals surface area contributed by atoms with Gasteiger partial charge in [-0.25, -0.2) is 4.98 Å². The summed E-state index contributed by atoms with van der Waals surface area (Å²) >= 11 is 7.98. The Labute approximate surface area is 167 Å². The number of nitrogens with one attached hydrogen (secondary N) is 1. The molecule has 2 aromatic carbocycles. The van der Waals surface area contributed by atoms with Crippen molar-refractivity contribution in [1.82, 2.24) is 4.98 Å². The third-order valence-corrected chi connectivity index (χ3v) is 5.97. The first-order chi connectivity index (χ1) is 13.2. The van der Waals surface area contributed by atoms with Gasteiger partial charge in [0.05, 0.1) is 5.69 Å². The summed E-state index contributed by atoms with van der Waals surface area (Å²) in [6.45, 7) is 2.17. The molecular formula is C21H20ClN3OS. The van der Waals surface area contributed by atoms with Gasteiger partial charge < -0.3 is 10.2 Å². The second kappa shape index (κ2) is 8.11. The van der Waals surface area contributed by atoms with E-state index in [-0.39, 0.29) is 5.91 Å². The minimum Gasteiger partial charge on any atom is -0.348 e. The highest BCUT2D eigenvalue weighted by molar-refractivity contribution is 7.14. The zero-order valence-electron chi connectivity index (χ0n) is 14.8. The van der Waals surface area contributed by atoms with Crippen molar-refractivity contribution in [2.45, 2.75) is 18.2 Å². The molecule has 138 valence electrons. The molecular weight excluding hydrogens is 378 g/mol. The summed E-state index contributed by atoms with van der Waals surface area (Å²) in [4.78, 5) is 19.6. The number of aromatic nitrogens is 1. The predicted molar refractivity (Wildman–Crippen MR) is 113 cm³/mol. The Morgan fingerprint density at radius 3 is 2.67 bits per heavy atom. The Hall–Kier alpha value is -2.37. The van der Waals surface area contributed by atoms with Crippen LogP contribution >= 0.6 is 22.9 Å². The van der Waals surface area contributed by atoms with Gasteiger partial charge >= 0.3 is 0 Å². The van der Waals surface area contributed by atoms with Crippen LogP contribution in [0.15, 0.2) is 60.0 Å². The maximum atomic E-state index is 12.5. The standard InChI is InChI=1S/C21H20ClN3OS/c22-19(15-7-2-1-3-8-15)20(26)23-17-10-6-9-16(13-17)18-14-27-21(24-18)25-11-4-5-12-25/h1-3,6-10,13-14,19H,4-5,11-12H2,(H,23,26). The van der Waals surface area contributed by atoms with Gasteiger partial charge in [-0.1, -0.05) is 42.5 Å². The van der Waals surface area contributed by atoms with Gasteiger partial charge in [-0.2, -0.15) is 0 Å². The van der Waals surface area contributed by atoms with Crippen molar-refractivity contribution in [1.29, 1.82) is 0 Å². The number of anilines is 2. The third-order valence-electron chi connectivity index (χ3n) is 4.62. The second-order valence-corrected chi connectivity index (χ2v) is 7.83. The number of alkyl halides is 1. The molecule has 0 aliphatic carbocycles. The fourth-order valence-corrected chi connectivity index (χ4v) is 4.27. The summed E-state index contributed by atoms with van der Waals surface area (Å²) < 4.78 is 0. The van der Waals surface area contributed by atoms with Crippen molar-refractivity contribution in [2.24, 2.45) is 0 Å². The molecule has 0 spiro atoms. The zero-order valence-corrected chi connectivity index (χ0v) is 16.3. The number of thiazole rings is 1. The fraction of sp³-hybridized carbons (Fsp3) is 0.238. The number of rotatable bonds is 5. The summed E-state index contributed by atoms with van der Waals surface area (Å²) in [7, 11) is 0. The molecule has 0 bridgehead atoms. The quantitative estimate of drug-likeness (QED) is 0.592. The minimum absolute atomic E-state index is 0.240. The van der Waals surface area contributed by atoms with Gasteiger partial charge in [0.15, 0.2) is 5.13 Å². The van der Waals surface area contributed by atoms with Crippen LogP contribution in [-0.4, -0.2) is 24.0 Å². The van der Waals surface area contributed by atoms with Crippen LogP contribution < -0.4 is 10.2 Å². The first kappa shape index (κ1) is 18.0. The number of hydrogen-bond donors (Lipinski definition) is 1. The average Bonchev–Trinajstić information content (AvgIpc) is 3.40.